The molecule has 0 unspecified atom stereocenters. The van der Waals surface area contributed by atoms with Crippen molar-refractivity contribution >= 4 is 17.6 Å². The van der Waals surface area contributed by atoms with Crippen LogP contribution in [0.5, 0.6) is 0 Å². The van der Waals surface area contributed by atoms with Gasteiger partial charge in [-0.05, 0) is 30.5 Å². The van der Waals surface area contributed by atoms with Crippen molar-refractivity contribution < 1.29 is 23.1 Å². The molecule has 0 bridgehead atoms. The maximum absolute atomic E-state index is 13.2. The molecule has 0 saturated carbocycles. The van der Waals surface area contributed by atoms with E-state index in [-0.39, 0.29) is 12.2 Å². The molecule has 8 heteroatoms. The SMILES string of the molecule is O=C(N[C@@H](c1ccc(Cl)cc1)C(F)(F)F)N1CCC[C@@H]1CO. The summed E-state index contributed by atoms with van der Waals surface area (Å²) >= 11 is 5.67. The van der Waals surface area contributed by atoms with Crippen LogP contribution in [-0.2, 0) is 0 Å². The molecule has 1 heterocycles. The maximum Gasteiger partial charge on any atom is 0.412 e. The second-order valence-corrected chi connectivity index (χ2v) is 5.58. The van der Waals surface area contributed by atoms with Gasteiger partial charge in [-0.2, -0.15) is 13.2 Å². The van der Waals surface area contributed by atoms with E-state index in [1.54, 1.807) is 0 Å². The van der Waals surface area contributed by atoms with Crippen molar-refractivity contribution in [1.82, 2.24) is 10.2 Å². The number of urea groups is 1. The predicted octanol–water partition coefficient (Wildman–Crippen LogP) is 3.11. The third-order valence-electron chi connectivity index (χ3n) is 3.65. The van der Waals surface area contributed by atoms with Crippen LogP contribution in [0, 0.1) is 0 Å². The molecular weight excluding hydrogens is 321 g/mol. The maximum atomic E-state index is 13.2. The van der Waals surface area contributed by atoms with Crippen LogP contribution in [-0.4, -0.2) is 41.4 Å². The van der Waals surface area contributed by atoms with Crippen molar-refractivity contribution in [2.75, 3.05) is 13.2 Å². The number of hydrogen-bond acceptors (Lipinski definition) is 2. The molecule has 4 nitrogen and oxygen atoms in total. The van der Waals surface area contributed by atoms with E-state index in [2.05, 4.69) is 0 Å². The lowest BCUT2D eigenvalue weighted by molar-refractivity contribution is -0.155. The van der Waals surface area contributed by atoms with Gasteiger partial charge in [0.1, 0.15) is 0 Å². The molecule has 1 aromatic carbocycles. The van der Waals surface area contributed by atoms with Crippen LogP contribution in [0.4, 0.5) is 18.0 Å². The summed E-state index contributed by atoms with van der Waals surface area (Å²) in [7, 11) is 0. The zero-order valence-electron chi connectivity index (χ0n) is 11.6. The van der Waals surface area contributed by atoms with E-state index in [4.69, 9.17) is 16.7 Å². The number of amides is 2. The first-order valence-electron chi connectivity index (χ1n) is 6.83. The third kappa shape index (κ3) is 3.84. The van der Waals surface area contributed by atoms with Gasteiger partial charge in [-0.3, -0.25) is 0 Å². The molecule has 1 aliphatic rings. The first-order chi connectivity index (χ1) is 10.3. The predicted molar refractivity (Wildman–Crippen MR) is 75.6 cm³/mol. The van der Waals surface area contributed by atoms with E-state index in [1.807, 2.05) is 5.32 Å². The van der Waals surface area contributed by atoms with E-state index < -0.39 is 24.3 Å². The monoisotopic (exact) mass is 336 g/mol. The lowest BCUT2D eigenvalue weighted by Gasteiger charge is -2.28. The van der Waals surface area contributed by atoms with Crippen LogP contribution in [0.1, 0.15) is 24.4 Å². The summed E-state index contributed by atoms with van der Waals surface area (Å²) in [6, 6.07) is 1.77. The Balaban J connectivity index is 2.17. The number of halogens is 4. The number of rotatable bonds is 3. The first-order valence-corrected chi connectivity index (χ1v) is 7.21. The van der Waals surface area contributed by atoms with Crippen LogP contribution in [0.15, 0.2) is 24.3 Å². The van der Waals surface area contributed by atoms with Crippen molar-refractivity contribution in [1.29, 1.82) is 0 Å². The van der Waals surface area contributed by atoms with Crippen molar-refractivity contribution in [3.8, 4) is 0 Å². The van der Waals surface area contributed by atoms with Gasteiger partial charge in [-0.25, -0.2) is 4.79 Å². The summed E-state index contributed by atoms with van der Waals surface area (Å²) < 4.78 is 39.7. The minimum atomic E-state index is -4.63. The van der Waals surface area contributed by atoms with Gasteiger partial charge in [-0.15, -0.1) is 0 Å². The van der Waals surface area contributed by atoms with Gasteiger partial charge in [0.15, 0.2) is 6.04 Å². The Hall–Kier alpha value is -1.47. The number of likely N-dealkylation sites (tertiary alicyclic amines) is 1. The highest BCUT2D eigenvalue weighted by atomic mass is 35.5. The molecule has 0 aliphatic carbocycles. The fraction of sp³-hybridized carbons (Fsp3) is 0.500. The Bertz CT molecular complexity index is 522. The molecule has 1 aliphatic heterocycles. The number of carbonyl (C=O) groups excluding carboxylic acids is 1. The molecule has 0 radical (unpaired) electrons. The van der Waals surface area contributed by atoms with E-state index in [0.717, 1.165) is 0 Å². The van der Waals surface area contributed by atoms with Gasteiger partial charge in [0.25, 0.3) is 0 Å². The fourth-order valence-corrected chi connectivity index (χ4v) is 2.63. The first kappa shape index (κ1) is 16.9. The molecule has 122 valence electrons. The van der Waals surface area contributed by atoms with Crippen LogP contribution >= 0.6 is 11.6 Å². The topological polar surface area (TPSA) is 52.6 Å². The van der Waals surface area contributed by atoms with Crippen molar-refractivity contribution in [2.24, 2.45) is 0 Å². The second-order valence-electron chi connectivity index (χ2n) is 5.15. The van der Waals surface area contributed by atoms with Gasteiger partial charge in [0.05, 0.1) is 12.6 Å². The Morgan fingerprint density at radius 3 is 2.59 bits per heavy atom. The largest absolute Gasteiger partial charge is 0.412 e. The molecular formula is C14H16ClF3N2O2. The number of alkyl halides is 3. The lowest BCUT2D eigenvalue weighted by Crippen LogP contribution is -2.48. The molecule has 1 aromatic rings. The van der Waals surface area contributed by atoms with E-state index >= 15 is 0 Å². The van der Waals surface area contributed by atoms with E-state index in [1.165, 1.54) is 29.2 Å². The average molecular weight is 337 g/mol. The third-order valence-corrected chi connectivity index (χ3v) is 3.90. The average Bonchev–Trinajstić information content (AvgIpc) is 2.93. The molecule has 1 saturated heterocycles. The molecule has 2 rings (SSSR count). The quantitative estimate of drug-likeness (QED) is 0.891. The van der Waals surface area contributed by atoms with Gasteiger partial charge in [-0.1, -0.05) is 23.7 Å². The zero-order valence-corrected chi connectivity index (χ0v) is 12.4. The summed E-state index contributed by atoms with van der Waals surface area (Å²) in [6.07, 6.45) is -3.38. The highest BCUT2D eigenvalue weighted by molar-refractivity contribution is 6.30. The smallest absolute Gasteiger partial charge is 0.394 e. The Labute approximate surface area is 130 Å². The van der Waals surface area contributed by atoms with Crippen LogP contribution in [0.3, 0.4) is 0 Å². The number of benzene rings is 1. The molecule has 2 amide bonds. The number of hydrogen-bond donors (Lipinski definition) is 2. The molecule has 0 aromatic heterocycles. The molecule has 22 heavy (non-hydrogen) atoms. The Morgan fingerprint density at radius 1 is 1.41 bits per heavy atom. The van der Waals surface area contributed by atoms with Crippen LogP contribution < -0.4 is 5.32 Å². The number of carbonyl (C=O) groups is 1. The number of aliphatic hydroxyl groups is 1. The van der Waals surface area contributed by atoms with Crippen molar-refractivity contribution in [3.05, 3.63) is 34.9 Å². The van der Waals surface area contributed by atoms with E-state index in [0.29, 0.717) is 24.4 Å². The Kier molecular flexibility index (Phi) is 5.18. The van der Waals surface area contributed by atoms with Gasteiger partial charge >= 0.3 is 12.2 Å². The number of aliphatic hydroxyl groups excluding tert-OH is 1. The zero-order chi connectivity index (χ0) is 16.3. The summed E-state index contributed by atoms with van der Waals surface area (Å²) in [5.74, 6) is 0. The number of nitrogens with one attached hydrogen (secondary N) is 1. The normalized spacial score (nSPS) is 20.0. The summed E-state index contributed by atoms with van der Waals surface area (Å²) in [4.78, 5) is 13.3. The minimum Gasteiger partial charge on any atom is -0.394 e. The summed E-state index contributed by atoms with van der Waals surface area (Å²) in [5.41, 5.74) is -0.0926. The standard InChI is InChI=1S/C14H16ClF3N2O2/c15-10-5-3-9(4-6-10)12(14(16,17)18)19-13(22)20-7-1-2-11(20)8-21/h3-6,11-12,21H,1-2,7-8H2,(H,19,22)/t11-,12+/m1/s1. The van der Waals surface area contributed by atoms with Crippen molar-refractivity contribution in [2.45, 2.75) is 31.1 Å². The second kappa shape index (κ2) is 6.75. The molecule has 2 atom stereocenters. The highest BCUT2D eigenvalue weighted by Crippen LogP contribution is 2.33. The fourth-order valence-electron chi connectivity index (χ4n) is 2.51. The Morgan fingerprint density at radius 2 is 2.05 bits per heavy atom. The van der Waals surface area contributed by atoms with Gasteiger partial charge in [0, 0.05) is 11.6 Å². The molecule has 2 N–H and O–H groups in total. The summed E-state index contributed by atoms with van der Waals surface area (Å²) in [5, 5.41) is 11.5. The minimum absolute atomic E-state index is 0.0926. The highest BCUT2D eigenvalue weighted by Gasteiger charge is 2.43. The van der Waals surface area contributed by atoms with Crippen LogP contribution in [0.25, 0.3) is 0 Å². The van der Waals surface area contributed by atoms with E-state index in [9.17, 15) is 18.0 Å². The molecule has 0 spiro atoms. The van der Waals surface area contributed by atoms with Crippen molar-refractivity contribution in [3.63, 3.8) is 0 Å². The van der Waals surface area contributed by atoms with Gasteiger partial charge < -0.3 is 15.3 Å². The lowest BCUT2D eigenvalue weighted by atomic mass is 10.1. The van der Waals surface area contributed by atoms with Gasteiger partial charge in [0.2, 0.25) is 0 Å². The van der Waals surface area contributed by atoms with Crippen LogP contribution in [0.2, 0.25) is 5.02 Å². The molecule has 1 fully saturated rings. The summed E-state index contributed by atoms with van der Waals surface area (Å²) in [6.45, 7) is 0.0767. The number of nitrogens with zero attached hydrogens (tertiary/aromatic N) is 1.